The van der Waals surface area contributed by atoms with Crippen LogP contribution in [0.25, 0.3) is 11.0 Å². The van der Waals surface area contributed by atoms with Crippen LogP contribution in [0.15, 0.2) is 28.3 Å². The van der Waals surface area contributed by atoms with Gasteiger partial charge in [0.1, 0.15) is 0 Å². The van der Waals surface area contributed by atoms with E-state index in [1.165, 1.54) is 6.26 Å². The molecule has 4 nitrogen and oxygen atoms in total. The molecule has 0 aliphatic carbocycles. The van der Waals surface area contributed by atoms with E-state index < -0.39 is 9.84 Å². The fraction of sp³-hybridized carbons (Fsp3) is 0.417. The zero-order valence-electron chi connectivity index (χ0n) is 10.8. The van der Waals surface area contributed by atoms with Crippen molar-refractivity contribution in [1.82, 2.24) is 9.55 Å². The van der Waals surface area contributed by atoms with Crippen molar-refractivity contribution in [3.05, 3.63) is 18.2 Å². The number of hydrogen-bond acceptors (Lipinski definition) is 4. The van der Waals surface area contributed by atoms with Crippen LogP contribution in [0, 0.1) is 0 Å². The van der Waals surface area contributed by atoms with Crippen LogP contribution in [-0.2, 0) is 9.84 Å². The zero-order valence-corrected chi connectivity index (χ0v) is 12.5. The van der Waals surface area contributed by atoms with Gasteiger partial charge in [0.15, 0.2) is 15.0 Å². The van der Waals surface area contributed by atoms with E-state index in [1.54, 1.807) is 23.9 Å². The van der Waals surface area contributed by atoms with Crippen molar-refractivity contribution in [3.8, 4) is 0 Å². The number of rotatable bonds is 3. The molecule has 0 unspecified atom stereocenters. The van der Waals surface area contributed by atoms with Crippen molar-refractivity contribution in [2.45, 2.75) is 29.9 Å². The lowest BCUT2D eigenvalue weighted by molar-refractivity contribution is 0.567. The number of benzene rings is 1. The predicted octanol–water partition coefficient (Wildman–Crippen LogP) is 2.74. The van der Waals surface area contributed by atoms with E-state index in [4.69, 9.17) is 0 Å². The van der Waals surface area contributed by atoms with Gasteiger partial charge in [-0.2, -0.15) is 0 Å². The Kier molecular flexibility index (Phi) is 3.42. The van der Waals surface area contributed by atoms with E-state index in [2.05, 4.69) is 23.4 Å². The molecule has 6 heteroatoms. The number of nitrogens with zero attached hydrogens (tertiary/aromatic N) is 2. The molecule has 0 N–H and O–H groups in total. The van der Waals surface area contributed by atoms with Gasteiger partial charge in [-0.1, -0.05) is 11.8 Å². The van der Waals surface area contributed by atoms with Crippen LogP contribution < -0.4 is 0 Å². The highest BCUT2D eigenvalue weighted by Gasteiger charge is 2.15. The minimum absolute atomic E-state index is 0.293. The molecule has 98 valence electrons. The Balaban J connectivity index is 2.74. The van der Waals surface area contributed by atoms with Crippen LogP contribution in [0.2, 0.25) is 0 Å². The highest BCUT2D eigenvalue weighted by Crippen LogP contribution is 2.27. The van der Waals surface area contributed by atoms with Crippen molar-refractivity contribution < 1.29 is 8.42 Å². The summed E-state index contributed by atoms with van der Waals surface area (Å²) < 4.78 is 25.2. The van der Waals surface area contributed by atoms with Crippen molar-refractivity contribution in [3.63, 3.8) is 0 Å². The molecule has 2 aromatic rings. The Hall–Kier alpha value is -1.01. The molecule has 0 aliphatic rings. The zero-order chi connectivity index (χ0) is 13.5. The SMILES string of the molecule is CSc1nc2cc(S(C)(=O)=O)ccc2n1C(C)C. The largest absolute Gasteiger partial charge is 0.316 e. The lowest BCUT2D eigenvalue weighted by Crippen LogP contribution is -2.02. The number of hydrogen-bond donors (Lipinski definition) is 0. The average molecular weight is 284 g/mol. The lowest BCUT2D eigenvalue weighted by atomic mass is 10.3. The van der Waals surface area contributed by atoms with Gasteiger partial charge in [-0.05, 0) is 38.3 Å². The Labute approximate surface area is 111 Å². The molecule has 0 amide bonds. The van der Waals surface area contributed by atoms with Gasteiger partial charge in [-0.15, -0.1) is 0 Å². The van der Waals surface area contributed by atoms with Gasteiger partial charge >= 0.3 is 0 Å². The Morgan fingerprint density at radius 3 is 2.50 bits per heavy atom. The Morgan fingerprint density at radius 2 is 2.00 bits per heavy atom. The normalized spacial score (nSPS) is 12.5. The number of aromatic nitrogens is 2. The molecule has 1 aromatic heterocycles. The van der Waals surface area contributed by atoms with Crippen molar-refractivity contribution in [2.75, 3.05) is 12.5 Å². The van der Waals surface area contributed by atoms with Gasteiger partial charge < -0.3 is 4.57 Å². The van der Waals surface area contributed by atoms with E-state index in [1.807, 2.05) is 12.3 Å². The second-order valence-corrected chi connectivity index (χ2v) is 7.27. The molecular weight excluding hydrogens is 268 g/mol. The predicted molar refractivity (Wildman–Crippen MR) is 75.0 cm³/mol. The van der Waals surface area contributed by atoms with Gasteiger partial charge in [0.25, 0.3) is 0 Å². The fourth-order valence-corrected chi connectivity index (χ4v) is 3.27. The lowest BCUT2D eigenvalue weighted by Gasteiger charge is -2.11. The topological polar surface area (TPSA) is 52.0 Å². The van der Waals surface area contributed by atoms with Crippen molar-refractivity contribution >= 4 is 32.6 Å². The minimum Gasteiger partial charge on any atom is -0.316 e. The maximum absolute atomic E-state index is 11.5. The Morgan fingerprint density at radius 1 is 1.33 bits per heavy atom. The van der Waals surface area contributed by atoms with Gasteiger partial charge in [-0.25, -0.2) is 13.4 Å². The first kappa shape index (κ1) is 13.4. The van der Waals surface area contributed by atoms with Crippen LogP contribution in [0.4, 0.5) is 0 Å². The third-order valence-electron chi connectivity index (χ3n) is 2.76. The summed E-state index contributed by atoms with van der Waals surface area (Å²) in [7, 11) is -3.18. The third kappa shape index (κ3) is 2.27. The maximum Gasteiger partial charge on any atom is 0.175 e. The number of fused-ring (bicyclic) bond motifs is 1. The minimum atomic E-state index is -3.18. The van der Waals surface area contributed by atoms with Gasteiger partial charge in [0.2, 0.25) is 0 Å². The van der Waals surface area contributed by atoms with E-state index in [0.717, 1.165) is 16.2 Å². The monoisotopic (exact) mass is 284 g/mol. The smallest absolute Gasteiger partial charge is 0.175 e. The second kappa shape index (κ2) is 4.59. The first-order valence-corrected chi connectivity index (χ1v) is 8.72. The molecule has 1 heterocycles. The van der Waals surface area contributed by atoms with E-state index in [-0.39, 0.29) is 0 Å². The number of thioether (sulfide) groups is 1. The first-order valence-electron chi connectivity index (χ1n) is 5.60. The summed E-state index contributed by atoms with van der Waals surface area (Å²) in [5.41, 5.74) is 1.71. The number of sulfone groups is 1. The highest BCUT2D eigenvalue weighted by molar-refractivity contribution is 7.98. The summed E-state index contributed by atoms with van der Waals surface area (Å²) in [6.07, 6.45) is 3.18. The maximum atomic E-state index is 11.5. The molecule has 1 aromatic carbocycles. The molecule has 0 saturated heterocycles. The molecule has 2 rings (SSSR count). The van der Waals surface area contributed by atoms with Crippen LogP contribution in [-0.4, -0.2) is 30.5 Å². The van der Waals surface area contributed by atoms with Crippen LogP contribution in [0.1, 0.15) is 19.9 Å². The summed E-state index contributed by atoms with van der Waals surface area (Å²) in [6.45, 7) is 4.18. The molecule has 0 aliphatic heterocycles. The van der Waals surface area contributed by atoms with E-state index in [0.29, 0.717) is 10.9 Å². The molecule has 0 radical (unpaired) electrons. The molecule has 0 fully saturated rings. The fourth-order valence-electron chi connectivity index (χ4n) is 1.93. The standard InChI is InChI=1S/C12H16N2O2S2/c1-8(2)14-11-6-5-9(18(4,15)16)7-10(11)13-12(14)17-3/h5-8H,1-4H3. The summed E-state index contributed by atoms with van der Waals surface area (Å²) in [5.74, 6) is 0. The van der Waals surface area contributed by atoms with Gasteiger partial charge in [0, 0.05) is 12.3 Å². The second-order valence-electron chi connectivity index (χ2n) is 4.48. The van der Waals surface area contributed by atoms with Crippen molar-refractivity contribution in [1.29, 1.82) is 0 Å². The van der Waals surface area contributed by atoms with E-state index in [9.17, 15) is 8.42 Å². The summed E-state index contributed by atoms with van der Waals surface area (Å²) in [5, 5.41) is 0.908. The molecule has 0 atom stereocenters. The highest BCUT2D eigenvalue weighted by atomic mass is 32.2. The van der Waals surface area contributed by atoms with Crippen LogP contribution >= 0.6 is 11.8 Å². The number of imidazole rings is 1. The van der Waals surface area contributed by atoms with Gasteiger partial charge in [0.05, 0.1) is 15.9 Å². The summed E-state index contributed by atoms with van der Waals surface area (Å²) in [6, 6.07) is 5.41. The molecule has 0 spiro atoms. The van der Waals surface area contributed by atoms with E-state index >= 15 is 0 Å². The van der Waals surface area contributed by atoms with Crippen molar-refractivity contribution in [2.24, 2.45) is 0 Å². The Bertz CT molecular complexity index is 687. The molecular formula is C12H16N2O2S2. The molecule has 0 saturated carbocycles. The molecule has 18 heavy (non-hydrogen) atoms. The van der Waals surface area contributed by atoms with Crippen LogP contribution in [0.3, 0.4) is 0 Å². The van der Waals surface area contributed by atoms with Crippen LogP contribution in [0.5, 0.6) is 0 Å². The quantitative estimate of drug-likeness (QED) is 0.813. The summed E-state index contributed by atoms with van der Waals surface area (Å²) in [4.78, 5) is 4.80. The van der Waals surface area contributed by atoms with Gasteiger partial charge in [-0.3, -0.25) is 0 Å². The average Bonchev–Trinajstić information content (AvgIpc) is 2.64. The summed E-state index contributed by atoms with van der Waals surface area (Å²) >= 11 is 1.57. The molecule has 0 bridgehead atoms. The first-order chi connectivity index (χ1) is 8.34. The third-order valence-corrected chi connectivity index (χ3v) is 4.52.